The van der Waals surface area contributed by atoms with Gasteiger partial charge in [0.25, 0.3) is 0 Å². The third-order valence-electron chi connectivity index (χ3n) is 1.01. The van der Waals surface area contributed by atoms with Gasteiger partial charge in [0, 0.05) is 19.0 Å². The van der Waals surface area contributed by atoms with E-state index in [9.17, 15) is 4.79 Å². The van der Waals surface area contributed by atoms with Crippen molar-refractivity contribution in [1.82, 2.24) is 10.2 Å². The number of aldehydes is 1. The van der Waals surface area contributed by atoms with E-state index in [2.05, 4.69) is 5.32 Å². The zero-order valence-corrected chi connectivity index (χ0v) is 8.92. The van der Waals surface area contributed by atoms with E-state index in [4.69, 9.17) is 0 Å². The summed E-state index contributed by atoms with van der Waals surface area (Å²) in [7, 11) is 6.00. The first-order valence-electron chi connectivity index (χ1n) is 4.43. The van der Waals surface area contributed by atoms with Crippen LogP contribution in [0.4, 0.5) is 0 Å². The Bertz CT molecular complexity index is 87.8. The van der Waals surface area contributed by atoms with Crippen molar-refractivity contribution in [3.05, 3.63) is 0 Å². The van der Waals surface area contributed by atoms with Crippen molar-refractivity contribution < 1.29 is 4.79 Å². The van der Waals surface area contributed by atoms with Crippen LogP contribution >= 0.6 is 0 Å². The van der Waals surface area contributed by atoms with E-state index in [0.717, 1.165) is 19.4 Å². The second kappa shape index (κ2) is 10.6. The van der Waals surface area contributed by atoms with Gasteiger partial charge < -0.3 is 15.0 Å². The molecule has 0 aromatic rings. The van der Waals surface area contributed by atoms with Crippen molar-refractivity contribution in [2.24, 2.45) is 5.92 Å². The molecule has 0 spiro atoms. The molecule has 0 bridgehead atoms. The van der Waals surface area contributed by atoms with E-state index in [0.29, 0.717) is 5.92 Å². The summed E-state index contributed by atoms with van der Waals surface area (Å²) in [6.07, 6.45) is 0.997. The van der Waals surface area contributed by atoms with Crippen LogP contribution in [0, 0.1) is 5.92 Å². The van der Waals surface area contributed by atoms with E-state index in [1.54, 1.807) is 0 Å². The molecule has 0 atom stereocenters. The van der Waals surface area contributed by atoms with Crippen LogP contribution < -0.4 is 5.32 Å². The molecule has 1 aliphatic heterocycles. The molecule has 1 rings (SSSR count). The smallest absolute Gasteiger partial charge is 0.125 e. The van der Waals surface area contributed by atoms with E-state index in [-0.39, 0.29) is 0 Å². The van der Waals surface area contributed by atoms with Crippen LogP contribution in [-0.2, 0) is 4.79 Å². The largest absolute Gasteiger partial charge is 0.315 e. The Kier molecular flexibility index (Phi) is 12.5. The van der Waals surface area contributed by atoms with Crippen molar-refractivity contribution in [2.75, 3.05) is 34.2 Å². The zero-order chi connectivity index (χ0) is 9.98. The maximum absolute atomic E-state index is 9.75. The summed E-state index contributed by atoms with van der Waals surface area (Å²) < 4.78 is 0. The lowest BCUT2D eigenvalue weighted by molar-refractivity contribution is -0.112. The molecule has 1 N–H and O–H groups in total. The highest BCUT2D eigenvalue weighted by atomic mass is 16.1. The van der Waals surface area contributed by atoms with E-state index in [1.807, 2.05) is 39.9 Å². The molecular weight excluding hydrogens is 152 g/mol. The van der Waals surface area contributed by atoms with Crippen LogP contribution in [0.15, 0.2) is 0 Å². The minimum Gasteiger partial charge on any atom is -0.315 e. The average Bonchev–Trinajstić information content (AvgIpc) is 1.88. The molecular formula is C9H22N2O. The Labute approximate surface area is 76.1 Å². The van der Waals surface area contributed by atoms with Crippen molar-refractivity contribution in [3.63, 3.8) is 0 Å². The Hall–Kier alpha value is -0.410. The lowest BCUT2D eigenvalue weighted by Crippen LogP contribution is -2.42. The molecule has 0 aliphatic carbocycles. The summed E-state index contributed by atoms with van der Waals surface area (Å²) in [4.78, 5) is 11.7. The monoisotopic (exact) mass is 174 g/mol. The molecule has 0 saturated carbocycles. The number of nitrogens with zero attached hydrogens (tertiary/aromatic N) is 1. The molecule has 74 valence electrons. The Balaban J connectivity index is 0. The highest BCUT2D eigenvalue weighted by Crippen LogP contribution is 1.94. The predicted octanol–water partition coefficient (Wildman–Crippen LogP) is 0.609. The van der Waals surface area contributed by atoms with Crippen LogP contribution in [0.25, 0.3) is 0 Å². The maximum atomic E-state index is 9.75. The molecule has 1 fully saturated rings. The van der Waals surface area contributed by atoms with Gasteiger partial charge in [-0.3, -0.25) is 0 Å². The topological polar surface area (TPSA) is 32.3 Å². The number of carbonyl (C=O) groups excluding carboxylic acids is 1. The summed E-state index contributed by atoms with van der Waals surface area (Å²) in [5, 5.41) is 2.98. The van der Waals surface area contributed by atoms with Crippen molar-refractivity contribution in [1.29, 1.82) is 0 Å². The summed E-state index contributed by atoms with van der Waals surface area (Å²) in [6.45, 7) is 5.78. The van der Waals surface area contributed by atoms with E-state index >= 15 is 0 Å². The number of rotatable bonds is 1. The van der Waals surface area contributed by atoms with Crippen LogP contribution in [0.2, 0.25) is 0 Å². The lowest BCUT2D eigenvalue weighted by atomic mass is 10.1. The standard InChI is InChI=1S/C4H7NO.C3H9N.C2H6/c6-3-4-1-5-2-4;1-4(2)3;1-2/h3-5H,1-2H2;1-3H3;1-2H3. The summed E-state index contributed by atoms with van der Waals surface area (Å²) in [6, 6.07) is 0. The minimum atomic E-state index is 0.324. The normalized spacial score (nSPS) is 14.8. The fourth-order valence-corrected chi connectivity index (χ4v) is 0.407. The maximum Gasteiger partial charge on any atom is 0.125 e. The summed E-state index contributed by atoms with van der Waals surface area (Å²) >= 11 is 0. The molecule has 0 aromatic carbocycles. The number of hydrogen-bond acceptors (Lipinski definition) is 3. The Morgan fingerprint density at radius 3 is 1.58 bits per heavy atom. The Morgan fingerprint density at radius 1 is 1.25 bits per heavy atom. The molecule has 1 aliphatic rings. The van der Waals surface area contributed by atoms with Crippen LogP contribution in [0.3, 0.4) is 0 Å². The van der Waals surface area contributed by atoms with Gasteiger partial charge in [0.05, 0.1) is 0 Å². The van der Waals surface area contributed by atoms with Crippen LogP contribution in [-0.4, -0.2) is 45.4 Å². The van der Waals surface area contributed by atoms with Crippen LogP contribution in [0.1, 0.15) is 13.8 Å². The second-order valence-corrected chi connectivity index (χ2v) is 2.90. The van der Waals surface area contributed by atoms with Crippen molar-refractivity contribution in [3.8, 4) is 0 Å². The van der Waals surface area contributed by atoms with Crippen molar-refractivity contribution >= 4 is 6.29 Å². The fraction of sp³-hybridized carbons (Fsp3) is 0.889. The molecule has 0 amide bonds. The van der Waals surface area contributed by atoms with Gasteiger partial charge in [-0.1, -0.05) is 13.8 Å². The molecule has 0 aromatic heterocycles. The Morgan fingerprint density at radius 2 is 1.58 bits per heavy atom. The van der Waals surface area contributed by atoms with E-state index in [1.165, 1.54) is 0 Å². The highest BCUT2D eigenvalue weighted by Gasteiger charge is 2.13. The lowest BCUT2D eigenvalue weighted by Gasteiger charge is -2.20. The third-order valence-corrected chi connectivity index (χ3v) is 1.01. The first-order chi connectivity index (χ1) is 5.66. The third kappa shape index (κ3) is 12.3. The van der Waals surface area contributed by atoms with Gasteiger partial charge in [-0.05, 0) is 21.1 Å². The highest BCUT2D eigenvalue weighted by molar-refractivity contribution is 5.55. The molecule has 0 radical (unpaired) electrons. The summed E-state index contributed by atoms with van der Waals surface area (Å²) in [5.74, 6) is 0.324. The SMILES string of the molecule is CC.CN(C)C.O=CC1CNC1. The average molecular weight is 174 g/mol. The molecule has 3 heteroatoms. The van der Waals surface area contributed by atoms with Gasteiger partial charge >= 0.3 is 0 Å². The van der Waals surface area contributed by atoms with Crippen LogP contribution in [0.5, 0.6) is 0 Å². The van der Waals surface area contributed by atoms with Gasteiger partial charge in [-0.2, -0.15) is 0 Å². The van der Waals surface area contributed by atoms with Gasteiger partial charge in [0.2, 0.25) is 0 Å². The van der Waals surface area contributed by atoms with Gasteiger partial charge in [0.15, 0.2) is 0 Å². The molecule has 1 heterocycles. The number of hydrogen-bond donors (Lipinski definition) is 1. The quantitative estimate of drug-likeness (QED) is 0.591. The second-order valence-electron chi connectivity index (χ2n) is 2.90. The first-order valence-corrected chi connectivity index (χ1v) is 4.43. The molecule has 0 unspecified atom stereocenters. The predicted molar refractivity (Wildman–Crippen MR) is 53.4 cm³/mol. The molecule has 3 nitrogen and oxygen atoms in total. The fourth-order valence-electron chi connectivity index (χ4n) is 0.407. The minimum absolute atomic E-state index is 0.324. The zero-order valence-electron chi connectivity index (χ0n) is 8.92. The van der Waals surface area contributed by atoms with Gasteiger partial charge in [-0.25, -0.2) is 0 Å². The molecule has 12 heavy (non-hydrogen) atoms. The van der Waals surface area contributed by atoms with E-state index < -0.39 is 0 Å². The van der Waals surface area contributed by atoms with Gasteiger partial charge in [-0.15, -0.1) is 0 Å². The molecule has 1 saturated heterocycles. The number of nitrogens with one attached hydrogen (secondary N) is 1. The summed E-state index contributed by atoms with van der Waals surface area (Å²) in [5.41, 5.74) is 0. The first kappa shape index (κ1) is 14.1. The van der Waals surface area contributed by atoms with Gasteiger partial charge in [0.1, 0.15) is 6.29 Å². The number of carbonyl (C=O) groups is 1. The van der Waals surface area contributed by atoms with Crippen molar-refractivity contribution in [2.45, 2.75) is 13.8 Å².